The molecule has 0 aliphatic rings. The Hall–Kier alpha value is -1.81. The summed E-state index contributed by atoms with van der Waals surface area (Å²) in [5.74, 6) is 0.779. The van der Waals surface area contributed by atoms with E-state index in [1.807, 2.05) is 32.0 Å². The van der Waals surface area contributed by atoms with E-state index in [9.17, 15) is 4.79 Å². The molecule has 0 N–H and O–H groups in total. The van der Waals surface area contributed by atoms with E-state index >= 15 is 0 Å². The normalized spacial score (nSPS) is 11.1. The maximum absolute atomic E-state index is 12.1. The van der Waals surface area contributed by atoms with Gasteiger partial charge in [-0.05, 0) is 43.5 Å². The number of rotatable bonds is 4. The Balaban J connectivity index is 2.47. The first kappa shape index (κ1) is 12.6. The Bertz CT molecular complexity index is 602. The Kier molecular flexibility index (Phi) is 3.67. The molecule has 2 aromatic rings. The van der Waals surface area contributed by atoms with Crippen molar-refractivity contribution in [2.45, 2.75) is 26.7 Å². The minimum atomic E-state index is -0.0505. The smallest absolute Gasteiger partial charge is 0.260 e. The number of nitrogens with zero attached hydrogens (tertiary/aromatic N) is 1. The summed E-state index contributed by atoms with van der Waals surface area (Å²) in [5, 5.41) is 1.55. The third kappa shape index (κ3) is 2.54. The van der Waals surface area contributed by atoms with Crippen molar-refractivity contribution in [2.75, 3.05) is 7.11 Å². The van der Waals surface area contributed by atoms with Crippen LogP contribution in [0.15, 0.2) is 35.3 Å². The van der Waals surface area contributed by atoms with Crippen molar-refractivity contribution in [3.8, 4) is 5.75 Å². The fourth-order valence-corrected chi connectivity index (χ4v) is 1.85. The van der Waals surface area contributed by atoms with Crippen molar-refractivity contribution < 1.29 is 9.47 Å². The van der Waals surface area contributed by atoms with Gasteiger partial charge >= 0.3 is 0 Å². The summed E-state index contributed by atoms with van der Waals surface area (Å²) in [5.41, 5.74) is -0.0505. The molecule has 0 fully saturated rings. The van der Waals surface area contributed by atoms with Crippen LogP contribution in [0, 0.1) is 0 Å². The fraction of sp³-hybridized carbons (Fsp3) is 0.357. The summed E-state index contributed by atoms with van der Waals surface area (Å²) in [6, 6.07) is 7.39. The van der Waals surface area contributed by atoms with E-state index in [0.717, 1.165) is 11.1 Å². The van der Waals surface area contributed by atoms with Crippen LogP contribution in [-0.4, -0.2) is 17.8 Å². The summed E-state index contributed by atoms with van der Waals surface area (Å²) in [7, 11) is 1.57. The van der Waals surface area contributed by atoms with Crippen LogP contribution in [0.25, 0.3) is 10.8 Å². The van der Waals surface area contributed by atoms with Crippen molar-refractivity contribution in [2.24, 2.45) is 0 Å². The van der Waals surface area contributed by atoms with Crippen molar-refractivity contribution >= 4 is 10.8 Å². The zero-order valence-electron chi connectivity index (χ0n) is 10.8. The summed E-state index contributed by atoms with van der Waals surface area (Å²) < 4.78 is 12.1. The second kappa shape index (κ2) is 5.23. The Morgan fingerprint density at radius 1 is 1.28 bits per heavy atom. The molecule has 18 heavy (non-hydrogen) atoms. The van der Waals surface area contributed by atoms with E-state index in [1.165, 1.54) is 4.57 Å². The van der Waals surface area contributed by atoms with Crippen molar-refractivity contribution in [1.82, 2.24) is 4.57 Å². The fourth-order valence-electron chi connectivity index (χ4n) is 1.85. The van der Waals surface area contributed by atoms with Gasteiger partial charge in [0.25, 0.3) is 5.56 Å². The van der Waals surface area contributed by atoms with Gasteiger partial charge < -0.3 is 9.47 Å². The maximum Gasteiger partial charge on any atom is 0.260 e. The molecule has 1 aromatic carbocycles. The monoisotopic (exact) mass is 247 g/mol. The molecular weight excluding hydrogens is 230 g/mol. The lowest BCUT2D eigenvalue weighted by molar-refractivity contribution is 0.128. The number of hydrogen-bond donors (Lipinski definition) is 0. The molecule has 0 aliphatic heterocycles. The maximum atomic E-state index is 12.1. The highest BCUT2D eigenvalue weighted by Crippen LogP contribution is 2.19. The molecule has 4 nitrogen and oxygen atoms in total. The second-order valence-electron chi connectivity index (χ2n) is 4.42. The van der Waals surface area contributed by atoms with Crippen LogP contribution in [0.3, 0.4) is 0 Å². The number of methoxy groups -OCH3 is 1. The molecule has 2 rings (SSSR count). The molecule has 0 atom stereocenters. The molecule has 0 aliphatic carbocycles. The minimum Gasteiger partial charge on any atom is -0.491 e. The van der Waals surface area contributed by atoms with E-state index in [1.54, 1.807) is 19.4 Å². The third-order valence-electron chi connectivity index (χ3n) is 2.59. The first-order valence-corrected chi connectivity index (χ1v) is 5.90. The number of fused-ring (bicyclic) bond motifs is 1. The molecule has 0 saturated heterocycles. The van der Waals surface area contributed by atoms with E-state index in [4.69, 9.17) is 9.47 Å². The molecule has 0 spiro atoms. The molecule has 4 heteroatoms. The van der Waals surface area contributed by atoms with Crippen LogP contribution in [0.4, 0.5) is 0 Å². The SMILES string of the molecule is COCn1ccc2cc(OC(C)C)ccc2c1=O. The van der Waals surface area contributed by atoms with E-state index in [2.05, 4.69) is 0 Å². The van der Waals surface area contributed by atoms with Crippen molar-refractivity contribution in [1.29, 1.82) is 0 Å². The highest BCUT2D eigenvalue weighted by Gasteiger charge is 2.04. The molecule has 1 heterocycles. The van der Waals surface area contributed by atoms with Crippen LogP contribution >= 0.6 is 0 Å². The molecule has 0 saturated carbocycles. The molecule has 0 unspecified atom stereocenters. The van der Waals surface area contributed by atoms with Gasteiger partial charge in [-0.15, -0.1) is 0 Å². The van der Waals surface area contributed by atoms with Gasteiger partial charge in [-0.3, -0.25) is 9.36 Å². The average molecular weight is 247 g/mol. The summed E-state index contributed by atoms with van der Waals surface area (Å²) in [4.78, 5) is 12.1. The van der Waals surface area contributed by atoms with Gasteiger partial charge in [-0.25, -0.2) is 0 Å². The molecule has 0 amide bonds. The summed E-state index contributed by atoms with van der Waals surface area (Å²) >= 11 is 0. The lowest BCUT2D eigenvalue weighted by atomic mass is 10.1. The topological polar surface area (TPSA) is 40.5 Å². The Morgan fingerprint density at radius 2 is 2.06 bits per heavy atom. The van der Waals surface area contributed by atoms with Crippen molar-refractivity contribution in [3.63, 3.8) is 0 Å². The molecule has 0 radical (unpaired) electrons. The van der Waals surface area contributed by atoms with Gasteiger partial charge in [0.2, 0.25) is 0 Å². The highest BCUT2D eigenvalue weighted by molar-refractivity contribution is 5.82. The summed E-state index contributed by atoms with van der Waals surface area (Å²) in [6.45, 7) is 4.21. The number of benzene rings is 1. The van der Waals surface area contributed by atoms with Gasteiger partial charge in [0.1, 0.15) is 12.5 Å². The van der Waals surface area contributed by atoms with Gasteiger partial charge in [0, 0.05) is 18.7 Å². The van der Waals surface area contributed by atoms with Gasteiger partial charge in [0.15, 0.2) is 0 Å². The van der Waals surface area contributed by atoms with Crippen LogP contribution in [0.2, 0.25) is 0 Å². The number of hydrogen-bond acceptors (Lipinski definition) is 3. The number of aromatic nitrogens is 1. The van der Waals surface area contributed by atoms with Crippen LogP contribution in [-0.2, 0) is 11.5 Å². The van der Waals surface area contributed by atoms with Gasteiger partial charge in [-0.1, -0.05) is 0 Å². The first-order valence-electron chi connectivity index (χ1n) is 5.90. The van der Waals surface area contributed by atoms with Crippen molar-refractivity contribution in [3.05, 3.63) is 40.8 Å². The quantitative estimate of drug-likeness (QED) is 0.833. The lowest BCUT2D eigenvalue weighted by Gasteiger charge is -2.11. The van der Waals surface area contributed by atoms with Gasteiger partial charge in [-0.2, -0.15) is 0 Å². The molecule has 96 valence electrons. The second-order valence-corrected chi connectivity index (χ2v) is 4.42. The highest BCUT2D eigenvalue weighted by atomic mass is 16.5. The molecule has 0 bridgehead atoms. The Labute approximate surface area is 106 Å². The van der Waals surface area contributed by atoms with Crippen LogP contribution in [0.5, 0.6) is 5.75 Å². The third-order valence-corrected chi connectivity index (χ3v) is 2.59. The summed E-state index contributed by atoms with van der Waals surface area (Å²) in [6.07, 6.45) is 1.85. The predicted molar refractivity (Wildman–Crippen MR) is 71.0 cm³/mol. The molecule has 1 aromatic heterocycles. The van der Waals surface area contributed by atoms with E-state index in [-0.39, 0.29) is 18.4 Å². The number of pyridine rings is 1. The van der Waals surface area contributed by atoms with Crippen LogP contribution < -0.4 is 10.3 Å². The number of ether oxygens (including phenoxy) is 2. The molecular formula is C14H17NO3. The van der Waals surface area contributed by atoms with E-state index in [0.29, 0.717) is 5.39 Å². The van der Waals surface area contributed by atoms with Gasteiger partial charge in [0.05, 0.1) is 6.10 Å². The minimum absolute atomic E-state index is 0.0505. The standard InChI is InChI=1S/C14H17NO3/c1-10(2)18-12-4-5-13-11(8-12)6-7-15(9-17-3)14(13)16/h4-8,10H,9H2,1-3H3. The Morgan fingerprint density at radius 3 is 2.72 bits per heavy atom. The zero-order valence-corrected chi connectivity index (χ0v) is 10.8. The van der Waals surface area contributed by atoms with Crippen LogP contribution in [0.1, 0.15) is 13.8 Å². The predicted octanol–water partition coefficient (Wildman–Crippen LogP) is 2.39. The first-order chi connectivity index (χ1) is 8.61. The largest absolute Gasteiger partial charge is 0.491 e. The lowest BCUT2D eigenvalue weighted by Crippen LogP contribution is -2.20. The zero-order chi connectivity index (χ0) is 13.1. The average Bonchev–Trinajstić information content (AvgIpc) is 2.32. The van der Waals surface area contributed by atoms with E-state index < -0.39 is 0 Å².